The van der Waals surface area contributed by atoms with Crippen molar-refractivity contribution in [1.82, 2.24) is 5.32 Å². The molecule has 0 saturated heterocycles. The summed E-state index contributed by atoms with van der Waals surface area (Å²) in [5.41, 5.74) is 0.616. The number of carbonyl (C=O) groups is 1. The first-order valence-electron chi connectivity index (χ1n) is 8.56. The molecule has 0 radical (unpaired) electrons. The second kappa shape index (κ2) is 7.78. The topological polar surface area (TPSA) is 80.9 Å². The van der Waals surface area contributed by atoms with Crippen molar-refractivity contribution < 1.29 is 28.2 Å². The Bertz CT molecular complexity index is 769. The van der Waals surface area contributed by atoms with Gasteiger partial charge >= 0.3 is 0 Å². The molecule has 2 N–H and O–H groups in total. The Labute approximate surface area is 150 Å². The summed E-state index contributed by atoms with van der Waals surface area (Å²) in [6.07, 6.45) is 0.692. The van der Waals surface area contributed by atoms with Crippen molar-refractivity contribution >= 4 is 5.91 Å². The summed E-state index contributed by atoms with van der Waals surface area (Å²) in [5.74, 6) is -0.377. The normalized spacial score (nSPS) is 20.2. The summed E-state index contributed by atoms with van der Waals surface area (Å²) in [5, 5.41) is 12.5. The number of carbonyl (C=O) groups excluding carboxylic acids is 1. The third-order valence-corrected chi connectivity index (χ3v) is 4.53. The molecule has 1 amide bonds. The first-order chi connectivity index (χ1) is 12.5. The Morgan fingerprint density at radius 2 is 2.15 bits per heavy atom. The average Bonchev–Trinajstić information content (AvgIpc) is 3.06. The summed E-state index contributed by atoms with van der Waals surface area (Å²) in [6, 6.07) is 7.26. The molecule has 0 bridgehead atoms. The highest BCUT2D eigenvalue weighted by molar-refractivity contribution is 5.91. The molecule has 1 aromatic heterocycles. The smallest absolute Gasteiger partial charge is 0.287 e. The maximum Gasteiger partial charge on any atom is 0.287 e. The van der Waals surface area contributed by atoms with E-state index < -0.39 is 23.9 Å². The molecule has 1 aliphatic rings. The van der Waals surface area contributed by atoms with Gasteiger partial charge in [-0.1, -0.05) is 6.07 Å². The number of aliphatic hydroxyl groups is 1. The van der Waals surface area contributed by atoms with Crippen LogP contribution in [0.3, 0.4) is 0 Å². The standard InChI is InChI=1S/C19H22FNO5/c1-3-25-17-7-6-16(26-17)19(23)21-18(12-8-13(22)9-12)11-4-5-15(24-2)14(20)10-11/h4-7,10,12-13,18,22H,3,8-9H2,1-2H3,(H,21,23)/t12?,13?,18-/m1/s1. The molecule has 140 valence electrons. The maximum atomic E-state index is 14.1. The summed E-state index contributed by atoms with van der Waals surface area (Å²) in [6.45, 7) is 2.25. The Kier molecular flexibility index (Phi) is 5.46. The van der Waals surface area contributed by atoms with Gasteiger partial charge in [-0.15, -0.1) is 0 Å². The lowest BCUT2D eigenvalue weighted by Gasteiger charge is -2.38. The summed E-state index contributed by atoms with van der Waals surface area (Å²) >= 11 is 0. The number of ether oxygens (including phenoxy) is 2. The van der Waals surface area contributed by atoms with Crippen molar-refractivity contribution in [1.29, 1.82) is 0 Å². The van der Waals surface area contributed by atoms with Crippen molar-refractivity contribution in [2.45, 2.75) is 31.9 Å². The maximum absolute atomic E-state index is 14.1. The molecule has 3 rings (SSSR count). The summed E-state index contributed by atoms with van der Waals surface area (Å²) in [4.78, 5) is 12.5. The lowest BCUT2D eigenvalue weighted by Crippen LogP contribution is -2.41. The predicted octanol–water partition coefficient (Wildman–Crippen LogP) is 3.07. The van der Waals surface area contributed by atoms with Gasteiger partial charge in [-0.3, -0.25) is 4.79 Å². The van der Waals surface area contributed by atoms with Crippen LogP contribution in [0.15, 0.2) is 34.7 Å². The number of benzene rings is 1. The van der Waals surface area contributed by atoms with Crippen LogP contribution in [-0.4, -0.2) is 30.8 Å². The number of hydrogen-bond acceptors (Lipinski definition) is 5. The van der Waals surface area contributed by atoms with Crippen LogP contribution < -0.4 is 14.8 Å². The zero-order valence-corrected chi connectivity index (χ0v) is 14.7. The third kappa shape index (κ3) is 3.83. The van der Waals surface area contributed by atoms with Crippen LogP contribution in [0.25, 0.3) is 0 Å². The zero-order chi connectivity index (χ0) is 18.7. The second-order valence-corrected chi connectivity index (χ2v) is 6.28. The van der Waals surface area contributed by atoms with Gasteiger partial charge in [0.2, 0.25) is 0 Å². The highest BCUT2D eigenvalue weighted by Gasteiger charge is 2.36. The van der Waals surface area contributed by atoms with Gasteiger partial charge in [0.25, 0.3) is 11.9 Å². The summed E-state index contributed by atoms with van der Waals surface area (Å²) < 4.78 is 29.6. The number of methoxy groups -OCH3 is 1. The lowest BCUT2D eigenvalue weighted by atomic mass is 9.75. The predicted molar refractivity (Wildman–Crippen MR) is 91.8 cm³/mol. The fourth-order valence-electron chi connectivity index (χ4n) is 3.13. The van der Waals surface area contributed by atoms with Crippen molar-refractivity contribution in [2.24, 2.45) is 5.92 Å². The van der Waals surface area contributed by atoms with Crippen molar-refractivity contribution in [3.05, 3.63) is 47.5 Å². The number of halogens is 1. The van der Waals surface area contributed by atoms with E-state index in [2.05, 4.69) is 5.32 Å². The quantitative estimate of drug-likeness (QED) is 0.790. The van der Waals surface area contributed by atoms with E-state index in [0.717, 1.165) is 0 Å². The minimum Gasteiger partial charge on any atom is -0.494 e. The number of hydrogen-bond donors (Lipinski definition) is 2. The van der Waals surface area contributed by atoms with E-state index in [1.807, 2.05) is 6.92 Å². The molecular weight excluding hydrogens is 341 g/mol. The van der Waals surface area contributed by atoms with Gasteiger partial charge < -0.3 is 24.3 Å². The van der Waals surface area contributed by atoms with Gasteiger partial charge in [-0.25, -0.2) is 4.39 Å². The number of nitrogens with one attached hydrogen (secondary N) is 1. The van der Waals surface area contributed by atoms with E-state index in [1.165, 1.54) is 25.3 Å². The minimum atomic E-state index is -0.499. The Morgan fingerprint density at radius 3 is 2.77 bits per heavy atom. The zero-order valence-electron chi connectivity index (χ0n) is 14.7. The van der Waals surface area contributed by atoms with Crippen LogP contribution in [0.1, 0.15) is 41.9 Å². The largest absolute Gasteiger partial charge is 0.494 e. The molecular formula is C19H22FNO5. The third-order valence-electron chi connectivity index (χ3n) is 4.53. The molecule has 1 saturated carbocycles. The molecule has 1 aromatic carbocycles. The van der Waals surface area contributed by atoms with Crippen LogP contribution in [-0.2, 0) is 0 Å². The number of furan rings is 1. The molecule has 2 aromatic rings. The Balaban J connectivity index is 1.80. The molecule has 7 heteroatoms. The highest BCUT2D eigenvalue weighted by atomic mass is 19.1. The van der Waals surface area contributed by atoms with Crippen LogP contribution in [0.2, 0.25) is 0 Å². The van der Waals surface area contributed by atoms with Gasteiger partial charge in [-0.05, 0) is 49.4 Å². The average molecular weight is 363 g/mol. The van der Waals surface area contributed by atoms with Crippen molar-refractivity contribution in [2.75, 3.05) is 13.7 Å². The van der Waals surface area contributed by atoms with Gasteiger partial charge in [0.1, 0.15) is 0 Å². The second-order valence-electron chi connectivity index (χ2n) is 6.28. The van der Waals surface area contributed by atoms with Crippen LogP contribution in [0.4, 0.5) is 4.39 Å². The molecule has 1 atom stereocenters. The van der Waals surface area contributed by atoms with E-state index in [1.54, 1.807) is 12.1 Å². The first kappa shape index (κ1) is 18.3. The van der Waals surface area contributed by atoms with Crippen molar-refractivity contribution in [3.63, 3.8) is 0 Å². The molecule has 6 nitrogen and oxygen atoms in total. The van der Waals surface area contributed by atoms with Gasteiger partial charge in [-0.2, -0.15) is 0 Å². The molecule has 0 unspecified atom stereocenters. The number of rotatable bonds is 7. The van der Waals surface area contributed by atoms with E-state index >= 15 is 0 Å². The summed E-state index contributed by atoms with van der Waals surface area (Å²) in [7, 11) is 1.40. The van der Waals surface area contributed by atoms with Gasteiger partial charge in [0.15, 0.2) is 17.3 Å². The van der Waals surface area contributed by atoms with Crippen LogP contribution in [0.5, 0.6) is 11.7 Å². The minimum absolute atomic E-state index is 0.0167. The van der Waals surface area contributed by atoms with Gasteiger partial charge in [0.05, 0.1) is 25.9 Å². The molecule has 1 heterocycles. The van der Waals surface area contributed by atoms with Crippen LogP contribution in [0, 0.1) is 11.7 Å². The SMILES string of the molecule is CCOc1ccc(C(=O)N[C@H](c2ccc(OC)c(F)c2)C2CC(O)C2)o1. The highest BCUT2D eigenvalue weighted by Crippen LogP contribution is 2.39. The van der Waals surface area contributed by atoms with Gasteiger partial charge in [0, 0.05) is 6.07 Å². The number of amides is 1. The van der Waals surface area contributed by atoms with E-state index in [9.17, 15) is 14.3 Å². The van der Waals surface area contributed by atoms with Crippen molar-refractivity contribution in [3.8, 4) is 11.7 Å². The fraction of sp³-hybridized carbons (Fsp3) is 0.421. The van der Waals surface area contributed by atoms with Crippen LogP contribution >= 0.6 is 0 Å². The Morgan fingerprint density at radius 1 is 1.38 bits per heavy atom. The van der Waals surface area contributed by atoms with E-state index in [-0.39, 0.29) is 23.4 Å². The molecule has 1 fully saturated rings. The first-order valence-corrected chi connectivity index (χ1v) is 8.56. The lowest BCUT2D eigenvalue weighted by molar-refractivity contribution is 0.0231. The molecule has 1 aliphatic carbocycles. The molecule has 0 aliphatic heterocycles. The monoisotopic (exact) mass is 363 g/mol. The fourth-order valence-corrected chi connectivity index (χ4v) is 3.13. The van der Waals surface area contributed by atoms with E-state index in [0.29, 0.717) is 25.0 Å². The van der Waals surface area contributed by atoms with E-state index in [4.69, 9.17) is 13.9 Å². The molecule has 26 heavy (non-hydrogen) atoms. The molecule has 0 spiro atoms. The number of aliphatic hydroxyl groups excluding tert-OH is 1. The Hall–Kier alpha value is -2.54.